The SMILES string of the molecule is CCn1ccnc1NC1CCCCCC1. The van der Waals surface area contributed by atoms with Crippen LogP contribution in [0.3, 0.4) is 0 Å². The zero-order chi connectivity index (χ0) is 10.5. The minimum absolute atomic E-state index is 0.639. The Morgan fingerprint density at radius 2 is 2.07 bits per heavy atom. The van der Waals surface area contributed by atoms with Gasteiger partial charge in [0.25, 0.3) is 0 Å². The van der Waals surface area contributed by atoms with Gasteiger partial charge in [0, 0.05) is 25.0 Å². The average Bonchev–Trinajstić information content (AvgIpc) is 2.53. The van der Waals surface area contributed by atoms with E-state index in [1.807, 2.05) is 12.4 Å². The summed E-state index contributed by atoms with van der Waals surface area (Å²) < 4.78 is 2.17. The molecule has 0 bridgehead atoms. The van der Waals surface area contributed by atoms with E-state index in [0.717, 1.165) is 12.5 Å². The summed E-state index contributed by atoms with van der Waals surface area (Å²) in [6.45, 7) is 3.15. The molecule has 3 nitrogen and oxygen atoms in total. The number of aromatic nitrogens is 2. The second-order valence-electron chi connectivity index (χ2n) is 4.37. The van der Waals surface area contributed by atoms with Gasteiger partial charge < -0.3 is 9.88 Å². The highest BCUT2D eigenvalue weighted by molar-refractivity contribution is 5.27. The van der Waals surface area contributed by atoms with Crippen LogP contribution in [0.2, 0.25) is 0 Å². The molecule has 1 aliphatic rings. The Morgan fingerprint density at radius 3 is 2.73 bits per heavy atom. The van der Waals surface area contributed by atoms with Gasteiger partial charge >= 0.3 is 0 Å². The molecule has 1 aliphatic carbocycles. The predicted molar refractivity (Wildman–Crippen MR) is 63.0 cm³/mol. The van der Waals surface area contributed by atoms with E-state index in [4.69, 9.17) is 0 Å². The maximum absolute atomic E-state index is 4.36. The first kappa shape index (κ1) is 10.5. The highest BCUT2D eigenvalue weighted by Gasteiger charge is 2.13. The molecular weight excluding hydrogens is 186 g/mol. The summed E-state index contributed by atoms with van der Waals surface area (Å²) >= 11 is 0. The summed E-state index contributed by atoms with van der Waals surface area (Å²) in [5, 5.41) is 3.57. The Kier molecular flexibility index (Phi) is 3.64. The van der Waals surface area contributed by atoms with E-state index in [1.54, 1.807) is 0 Å². The van der Waals surface area contributed by atoms with Gasteiger partial charge in [-0.2, -0.15) is 0 Å². The molecule has 2 rings (SSSR count). The van der Waals surface area contributed by atoms with Crippen LogP contribution in [0.1, 0.15) is 45.4 Å². The molecular formula is C12H21N3. The summed E-state index contributed by atoms with van der Waals surface area (Å²) in [5.74, 6) is 1.05. The number of hydrogen-bond acceptors (Lipinski definition) is 2. The third-order valence-electron chi connectivity index (χ3n) is 3.24. The smallest absolute Gasteiger partial charge is 0.202 e. The Balaban J connectivity index is 1.94. The second-order valence-corrected chi connectivity index (χ2v) is 4.37. The van der Waals surface area contributed by atoms with E-state index >= 15 is 0 Å². The fraction of sp³-hybridized carbons (Fsp3) is 0.750. The number of nitrogens with zero attached hydrogens (tertiary/aromatic N) is 2. The van der Waals surface area contributed by atoms with Gasteiger partial charge in [0.15, 0.2) is 0 Å². The molecule has 0 saturated heterocycles. The predicted octanol–water partition coefficient (Wildman–Crippen LogP) is 3.04. The van der Waals surface area contributed by atoms with Crippen molar-refractivity contribution in [3.63, 3.8) is 0 Å². The van der Waals surface area contributed by atoms with Crippen LogP contribution in [0.15, 0.2) is 12.4 Å². The van der Waals surface area contributed by atoms with E-state index in [0.29, 0.717) is 6.04 Å². The van der Waals surface area contributed by atoms with Crippen LogP contribution in [0.4, 0.5) is 5.95 Å². The van der Waals surface area contributed by atoms with E-state index in [-0.39, 0.29) is 0 Å². The van der Waals surface area contributed by atoms with Gasteiger partial charge in [0.2, 0.25) is 5.95 Å². The van der Waals surface area contributed by atoms with E-state index in [1.165, 1.54) is 38.5 Å². The molecule has 1 aromatic heterocycles. The summed E-state index contributed by atoms with van der Waals surface area (Å²) in [5.41, 5.74) is 0. The van der Waals surface area contributed by atoms with Crippen LogP contribution in [0.5, 0.6) is 0 Å². The zero-order valence-electron chi connectivity index (χ0n) is 9.58. The van der Waals surface area contributed by atoms with Gasteiger partial charge in [0.05, 0.1) is 0 Å². The van der Waals surface area contributed by atoms with Crippen molar-refractivity contribution in [1.29, 1.82) is 0 Å². The molecule has 0 atom stereocenters. The van der Waals surface area contributed by atoms with Gasteiger partial charge in [-0.15, -0.1) is 0 Å². The third-order valence-corrected chi connectivity index (χ3v) is 3.24. The highest BCUT2D eigenvalue weighted by Crippen LogP contribution is 2.20. The lowest BCUT2D eigenvalue weighted by atomic mass is 10.1. The molecule has 15 heavy (non-hydrogen) atoms. The van der Waals surface area contributed by atoms with Crippen LogP contribution in [-0.4, -0.2) is 15.6 Å². The van der Waals surface area contributed by atoms with Gasteiger partial charge in [-0.05, 0) is 19.8 Å². The number of nitrogens with one attached hydrogen (secondary N) is 1. The molecule has 0 spiro atoms. The third kappa shape index (κ3) is 2.74. The first-order chi connectivity index (χ1) is 7.40. The summed E-state index contributed by atoms with van der Waals surface area (Å²) in [6, 6.07) is 0.639. The molecule has 0 radical (unpaired) electrons. The first-order valence-electron chi connectivity index (χ1n) is 6.18. The van der Waals surface area contributed by atoms with Gasteiger partial charge in [-0.25, -0.2) is 4.98 Å². The minimum atomic E-state index is 0.639. The molecule has 0 aliphatic heterocycles. The Labute approximate surface area is 91.9 Å². The maximum Gasteiger partial charge on any atom is 0.202 e. The summed E-state index contributed by atoms with van der Waals surface area (Å²) in [4.78, 5) is 4.36. The number of imidazole rings is 1. The average molecular weight is 207 g/mol. The van der Waals surface area contributed by atoms with Crippen LogP contribution in [0, 0.1) is 0 Å². The monoisotopic (exact) mass is 207 g/mol. The molecule has 0 unspecified atom stereocenters. The van der Waals surface area contributed by atoms with Crippen molar-refractivity contribution in [1.82, 2.24) is 9.55 Å². The lowest BCUT2D eigenvalue weighted by molar-refractivity contribution is 0.606. The highest BCUT2D eigenvalue weighted by atomic mass is 15.2. The summed E-state index contributed by atoms with van der Waals surface area (Å²) in [6.07, 6.45) is 12.1. The van der Waals surface area contributed by atoms with Crippen molar-refractivity contribution in [2.24, 2.45) is 0 Å². The molecule has 84 valence electrons. The van der Waals surface area contributed by atoms with Crippen molar-refractivity contribution in [2.45, 2.75) is 58.0 Å². The molecule has 3 heteroatoms. The lowest BCUT2D eigenvalue weighted by Gasteiger charge is -2.17. The Hall–Kier alpha value is -0.990. The number of hydrogen-bond donors (Lipinski definition) is 1. The van der Waals surface area contributed by atoms with Crippen molar-refractivity contribution in [2.75, 3.05) is 5.32 Å². The molecule has 0 amide bonds. The number of anilines is 1. The molecule has 1 fully saturated rings. The number of aryl methyl sites for hydroxylation is 1. The summed E-state index contributed by atoms with van der Waals surface area (Å²) in [7, 11) is 0. The minimum Gasteiger partial charge on any atom is -0.353 e. The Bertz CT molecular complexity index is 285. The fourth-order valence-electron chi connectivity index (χ4n) is 2.31. The molecule has 1 N–H and O–H groups in total. The molecule has 1 heterocycles. The van der Waals surface area contributed by atoms with E-state index in [2.05, 4.69) is 21.8 Å². The second kappa shape index (κ2) is 5.19. The first-order valence-corrected chi connectivity index (χ1v) is 6.18. The van der Waals surface area contributed by atoms with Gasteiger partial charge in [-0.3, -0.25) is 0 Å². The van der Waals surface area contributed by atoms with E-state index < -0.39 is 0 Å². The molecule has 1 aromatic rings. The fourth-order valence-corrected chi connectivity index (χ4v) is 2.31. The van der Waals surface area contributed by atoms with Crippen LogP contribution in [-0.2, 0) is 6.54 Å². The lowest BCUT2D eigenvalue weighted by Crippen LogP contribution is -2.20. The molecule has 0 aromatic carbocycles. The molecule has 1 saturated carbocycles. The number of rotatable bonds is 3. The van der Waals surface area contributed by atoms with Gasteiger partial charge in [0.1, 0.15) is 0 Å². The van der Waals surface area contributed by atoms with Crippen LogP contribution >= 0.6 is 0 Å². The topological polar surface area (TPSA) is 29.9 Å². The quantitative estimate of drug-likeness (QED) is 0.772. The van der Waals surface area contributed by atoms with Crippen molar-refractivity contribution >= 4 is 5.95 Å². The van der Waals surface area contributed by atoms with E-state index in [9.17, 15) is 0 Å². The van der Waals surface area contributed by atoms with Gasteiger partial charge in [-0.1, -0.05) is 25.7 Å². The Morgan fingerprint density at radius 1 is 1.33 bits per heavy atom. The van der Waals surface area contributed by atoms with Crippen molar-refractivity contribution in [3.8, 4) is 0 Å². The van der Waals surface area contributed by atoms with Crippen LogP contribution < -0.4 is 5.32 Å². The largest absolute Gasteiger partial charge is 0.353 e. The maximum atomic E-state index is 4.36. The standard InChI is InChI=1S/C12H21N3/c1-2-15-10-9-13-12(15)14-11-7-5-3-4-6-8-11/h9-11H,2-8H2,1H3,(H,13,14). The van der Waals surface area contributed by atoms with Crippen LogP contribution in [0.25, 0.3) is 0 Å². The normalized spacial score (nSPS) is 18.7. The van der Waals surface area contributed by atoms with Crippen molar-refractivity contribution in [3.05, 3.63) is 12.4 Å². The zero-order valence-corrected chi connectivity index (χ0v) is 9.58. The van der Waals surface area contributed by atoms with Crippen molar-refractivity contribution < 1.29 is 0 Å².